The van der Waals surface area contributed by atoms with Gasteiger partial charge in [-0.3, -0.25) is 4.79 Å². The Hall–Kier alpha value is -1.39. The van der Waals surface area contributed by atoms with Gasteiger partial charge in [-0.25, -0.2) is 0 Å². The predicted molar refractivity (Wildman–Crippen MR) is 65.5 cm³/mol. The average molecular weight is 237 g/mol. The van der Waals surface area contributed by atoms with Gasteiger partial charge >= 0.3 is 5.97 Å². The number of carbonyl (C=O) groups excluding carboxylic acids is 1. The number of aliphatic hydroxyl groups is 1. The molecule has 17 heavy (non-hydrogen) atoms. The second-order valence-electron chi connectivity index (χ2n) is 4.07. The molecule has 0 saturated carbocycles. The molecule has 0 aliphatic carbocycles. The molecule has 0 spiro atoms. The average Bonchev–Trinajstić information content (AvgIpc) is 2.31. The molecule has 1 aromatic rings. The Morgan fingerprint density at radius 2 is 2.06 bits per heavy atom. The third kappa shape index (κ3) is 3.28. The van der Waals surface area contributed by atoms with Crippen LogP contribution < -0.4 is 5.73 Å². The molecule has 94 valence electrons. The van der Waals surface area contributed by atoms with Crippen LogP contribution in [0.4, 0.5) is 0 Å². The minimum atomic E-state index is -1.04. The summed E-state index contributed by atoms with van der Waals surface area (Å²) in [5.41, 5.74) is 8.46. The fourth-order valence-corrected chi connectivity index (χ4v) is 1.52. The number of ether oxygens (including phenoxy) is 1. The van der Waals surface area contributed by atoms with Crippen LogP contribution in [0.25, 0.3) is 0 Å². The molecule has 2 unspecified atom stereocenters. The van der Waals surface area contributed by atoms with Crippen molar-refractivity contribution in [3.63, 3.8) is 0 Å². The Balaban J connectivity index is 2.84. The maximum Gasteiger partial charge on any atom is 0.325 e. The summed E-state index contributed by atoms with van der Waals surface area (Å²) >= 11 is 0. The highest BCUT2D eigenvalue weighted by Gasteiger charge is 2.25. The Kier molecular flexibility index (Phi) is 4.66. The SMILES string of the molecule is CCOC(=O)C(N)C(O)c1ccc(C)c(C)c1. The fraction of sp³-hybridized carbons (Fsp3) is 0.462. The van der Waals surface area contributed by atoms with Gasteiger partial charge in [-0.2, -0.15) is 0 Å². The van der Waals surface area contributed by atoms with Gasteiger partial charge in [-0.15, -0.1) is 0 Å². The summed E-state index contributed by atoms with van der Waals surface area (Å²) in [6, 6.07) is 4.45. The maximum atomic E-state index is 11.4. The van der Waals surface area contributed by atoms with E-state index < -0.39 is 18.1 Å². The number of hydrogen-bond donors (Lipinski definition) is 2. The quantitative estimate of drug-likeness (QED) is 0.772. The topological polar surface area (TPSA) is 72.5 Å². The second kappa shape index (κ2) is 5.80. The monoisotopic (exact) mass is 237 g/mol. The molecule has 4 heteroatoms. The summed E-state index contributed by atoms with van der Waals surface area (Å²) < 4.78 is 4.78. The van der Waals surface area contributed by atoms with Crippen molar-refractivity contribution in [2.24, 2.45) is 5.73 Å². The first-order valence-corrected chi connectivity index (χ1v) is 5.64. The van der Waals surface area contributed by atoms with Gasteiger partial charge in [0.1, 0.15) is 12.1 Å². The standard InChI is InChI=1S/C13H19NO3/c1-4-17-13(16)11(14)12(15)10-6-5-8(2)9(3)7-10/h5-7,11-12,15H,4,14H2,1-3H3. The van der Waals surface area contributed by atoms with Crippen LogP contribution in [0, 0.1) is 13.8 Å². The van der Waals surface area contributed by atoms with Gasteiger partial charge in [0.2, 0.25) is 0 Å². The molecule has 0 aliphatic rings. The molecule has 3 N–H and O–H groups in total. The van der Waals surface area contributed by atoms with E-state index in [1.54, 1.807) is 13.0 Å². The Labute approximate surface area is 101 Å². The van der Waals surface area contributed by atoms with E-state index >= 15 is 0 Å². The van der Waals surface area contributed by atoms with Crippen molar-refractivity contribution in [3.8, 4) is 0 Å². The van der Waals surface area contributed by atoms with Gasteiger partial charge in [0, 0.05) is 0 Å². The summed E-state index contributed by atoms with van der Waals surface area (Å²) in [5, 5.41) is 9.98. The first-order chi connectivity index (χ1) is 7.97. The minimum Gasteiger partial charge on any atom is -0.465 e. The molecule has 0 heterocycles. The zero-order chi connectivity index (χ0) is 13.0. The number of rotatable bonds is 4. The van der Waals surface area contributed by atoms with Gasteiger partial charge in [-0.1, -0.05) is 18.2 Å². The lowest BCUT2D eigenvalue weighted by atomic mass is 9.99. The van der Waals surface area contributed by atoms with Gasteiger partial charge in [0.05, 0.1) is 6.61 Å². The van der Waals surface area contributed by atoms with Crippen molar-refractivity contribution in [2.75, 3.05) is 6.61 Å². The normalized spacial score (nSPS) is 14.2. The molecule has 1 aromatic carbocycles. The summed E-state index contributed by atoms with van der Waals surface area (Å²) in [7, 11) is 0. The lowest BCUT2D eigenvalue weighted by Crippen LogP contribution is -2.38. The summed E-state index contributed by atoms with van der Waals surface area (Å²) in [6.07, 6.45) is -1.03. The lowest BCUT2D eigenvalue weighted by molar-refractivity contribution is -0.147. The fourth-order valence-electron chi connectivity index (χ4n) is 1.52. The number of benzene rings is 1. The molecule has 0 bridgehead atoms. The predicted octanol–water partition coefficient (Wildman–Crippen LogP) is 1.23. The van der Waals surface area contributed by atoms with Gasteiger partial charge in [0.15, 0.2) is 0 Å². The third-order valence-corrected chi connectivity index (χ3v) is 2.77. The molecule has 0 saturated heterocycles. The number of nitrogens with two attached hydrogens (primary N) is 1. The lowest BCUT2D eigenvalue weighted by Gasteiger charge is -2.18. The van der Waals surface area contributed by atoms with Crippen molar-refractivity contribution in [1.29, 1.82) is 0 Å². The molecular weight excluding hydrogens is 218 g/mol. The second-order valence-corrected chi connectivity index (χ2v) is 4.07. The van der Waals surface area contributed by atoms with E-state index in [0.717, 1.165) is 11.1 Å². The molecule has 2 atom stereocenters. The van der Waals surface area contributed by atoms with Crippen LogP contribution in [0.3, 0.4) is 0 Å². The molecule has 0 fully saturated rings. The number of aryl methyl sites for hydroxylation is 2. The molecule has 0 aliphatic heterocycles. The zero-order valence-electron chi connectivity index (χ0n) is 10.4. The smallest absolute Gasteiger partial charge is 0.325 e. The first-order valence-electron chi connectivity index (χ1n) is 5.64. The van der Waals surface area contributed by atoms with E-state index in [2.05, 4.69) is 0 Å². The Bertz CT molecular complexity index is 404. The third-order valence-electron chi connectivity index (χ3n) is 2.77. The number of carbonyl (C=O) groups is 1. The van der Waals surface area contributed by atoms with Crippen molar-refractivity contribution < 1.29 is 14.6 Å². The molecule has 0 radical (unpaired) electrons. The van der Waals surface area contributed by atoms with Gasteiger partial charge in [-0.05, 0) is 37.5 Å². The van der Waals surface area contributed by atoms with Crippen molar-refractivity contribution in [1.82, 2.24) is 0 Å². The minimum absolute atomic E-state index is 0.256. The molecule has 0 amide bonds. The number of esters is 1. The first kappa shape index (κ1) is 13.7. The van der Waals surface area contributed by atoms with Crippen LogP contribution in [0.1, 0.15) is 29.7 Å². The van der Waals surface area contributed by atoms with E-state index in [1.807, 2.05) is 26.0 Å². The highest BCUT2D eigenvalue weighted by atomic mass is 16.5. The summed E-state index contributed by atoms with van der Waals surface area (Å²) in [6.45, 7) is 5.89. The van der Waals surface area contributed by atoms with Crippen LogP contribution >= 0.6 is 0 Å². The van der Waals surface area contributed by atoms with E-state index in [1.165, 1.54) is 0 Å². The van der Waals surface area contributed by atoms with Crippen molar-refractivity contribution in [2.45, 2.75) is 32.9 Å². The van der Waals surface area contributed by atoms with E-state index in [0.29, 0.717) is 5.56 Å². The number of aliphatic hydroxyl groups excluding tert-OH is 1. The largest absolute Gasteiger partial charge is 0.465 e. The molecule has 0 aromatic heterocycles. The molecular formula is C13H19NO3. The molecule has 1 rings (SSSR count). The highest BCUT2D eigenvalue weighted by Crippen LogP contribution is 2.19. The Morgan fingerprint density at radius 3 is 2.59 bits per heavy atom. The van der Waals surface area contributed by atoms with Gasteiger partial charge in [0.25, 0.3) is 0 Å². The van der Waals surface area contributed by atoms with E-state index in [4.69, 9.17) is 10.5 Å². The van der Waals surface area contributed by atoms with Crippen molar-refractivity contribution in [3.05, 3.63) is 34.9 Å². The van der Waals surface area contributed by atoms with Crippen LogP contribution in [0.15, 0.2) is 18.2 Å². The van der Waals surface area contributed by atoms with Gasteiger partial charge < -0.3 is 15.6 Å². The van der Waals surface area contributed by atoms with E-state index in [-0.39, 0.29) is 6.61 Å². The van der Waals surface area contributed by atoms with Crippen LogP contribution in [-0.2, 0) is 9.53 Å². The van der Waals surface area contributed by atoms with Crippen LogP contribution in [0.5, 0.6) is 0 Å². The number of hydrogen-bond acceptors (Lipinski definition) is 4. The summed E-state index contributed by atoms with van der Waals surface area (Å²) in [4.78, 5) is 11.4. The highest BCUT2D eigenvalue weighted by molar-refractivity contribution is 5.76. The van der Waals surface area contributed by atoms with Crippen LogP contribution in [-0.4, -0.2) is 23.7 Å². The van der Waals surface area contributed by atoms with E-state index in [9.17, 15) is 9.90 Å². The zero-order valence-corrected chi connectivity index (χ0v) is 10.4. The van der Waals surface area contributed by atoms with Crippen molar-refractivity contribution >= 4 is 5.97 Å². The Morgan fingerprint density at radius 1 is 1.41 bits per heavy atom. The summed E-state index contributed by atoms with van der Waals surface area (Å²) in [5.74, 6) is -0.585. The van der Waals surface area contributed by atoms with Crippen LogP contribution in [0.2, 0.25) is 0 Å². The molecule has 4 nitrogen and oxygen atoms in total. The maximum absolute atomic E-state index is 11.4.